The van der Waals surface area contributed by atoms with Gasteiger partial charge < -0.3 is 4.74 Å². The summed E-state index contributed by atoms with van der Waals surface area (Å²) in [7, 11) is -1.99. The van der Waals surface area contributed by atoms with E-state index in [0.717, 1.165) is 12.8 Å². The Morgan fingerprint density at radius 2 is 2.00 bits per heavy atom. The van der Waals surface area contributed by atoms with Crippen molar-refractivity contribution in [1.82, 2.24) is 9.29 Å². The van der Waals surface area contributed by atoms with Gasteiger partial charge in [0.25, 0.3) is 0 Å². The molecule has 0 spiro atoms. The highest BCUT2D eigenvalue weighted by atomic mass is 79.9. The van der Waals surface area contributed by atoms with Crippen LogP contribution < -0.4 is 0 Å². The molecule has 0 atom stereocenters. The Bertz CT molecular complexity index is 518. The van der Waals surface area contributed by atoms with Crippen LogP contribution in [-0.2, 0) is 14.8 Å². The molecule has 7 heteroatoms. The zero-order chi connectivity index (χ0) is 15.2. The molecule has 1 heterocycles. The fourth-order valence-electron chi connectivity index (χ4n) is 2.05. The largest absolute Gasteiger partial charge is 0.383 e. The van der Waals surface area contributed by atoms with E-state index in [1.54, 1.807) is 19.4 Å². The smallest absolute Gasteiger partial charge is 0.244 e. The molecule has 20 heavy (non-hydrogen) atoms. The van der Waals surface area contributed by atoms with E-state index in [9.17, 15) is 8.42 Å². The molecule has 0 aliphatic heterocycles. The molecule has 0 aromatic carbocycles. The van der Waals surface area contributed by atoms with Crippen LogP contribution in [0.2, 0.25) is 0 Å². The van der Waals surface area contributed by atoms with Gasteiger partial charge >= 0.3 is 0 Å². The van der Waals surface area contributed by atoms with Gasteiger partial charge in [0.15, 0.2) is 0 Å². The zero-order valence-corrected chi connectivity index (χ0v) is 14.4. The minimum atomic E-state index is -3.56. The highest BCUT2D eigenvalue weighted by Gasteiger charge is 2.29. The van der Waals surface area contributed by atoms with Gasteiger partial charge in [-0.3, -0.25) is 4.98 Å². The van der Waals surface area contributed by atoms with Crippen LogP contribution in [0, 0.1) is 0 Å². The molecule has 1 aromatic heterocycles. The fourth-order valence-corrected chi connectivity index (χ4v) is 4.31. The van der Waals surface area contributed by atoms with Crippen LogP contribution in [0.25, 0.3) is 0 Å². The Morgan fingerprint density at radius 1 is 1.35 bits per heavy atom. The third-order valence-corrected chi connectivity index (χ3v) is 5.50. The van der Waals surface area contributed by atoms with Gasteiger partial charge in [-0.05, 0) is 34.8 Å². The lowest BCUT2D eigenvalue weighted by atomic mass is 10.2. The predicted octanol–water partition coefficient (Wildman–Crippen LogP) is 2.67. The van der Waals surface area contributed by atoms with Crippen molar-refractivity contribution >= 4 is 26.0 Å². The maximum atomic E-state index is 12.8. The Morgan fingerprint density at radius 3 is 2.50 bits per heavy atom. The van der Waals surface area contributed by atoms with Gasteiger partial charge in [-0.15, -0.1) is 0 Å². The Hall–Kier alpha value is -0.500. The van der Waals surface area contributed by atoms with Gasteiger partial charge in [-0.1, -0.05) is 13.8 Å². The second-order valence-electron chi connectivity index (χ2n) is 4.42. The molecule has 0 amide bonds. The first kappa shape index (κ1) is 17.6. The molecule has 0 saturated heterocycles. The first-order chi connectivity index (χ1) is 9.47. The normalized spacial score (nSPS) is 12.3. The summed E-state index contributed by atoms with van der Waals surface area (Å²) in [5, 5.41) is 0. The Balaban J connectivity index is 3.16. The second-order valence-corrected chi connectivity index (χ2v) is 7.22. The van der Waals surface area contributed by atoms with Crippen molar-refractivity contribution in [3.8, 4) is 0 Å². The molecule has 0 radical (unpaired) electrons. The van der Waals surface area contributed by atoms with Gasteiger partial charge in [0.1, 0.15) is 4.90 Å². The van der Waals surface area contributed by atoms with Crippen molar-refractivity contribution in [2.75, 3.05) is 20.3 Å². The number of rotatable bonds is 8. The lowest BCUT2D eigenvalue weighted by Gasteiger charge is -2.29. The number of nitrogens with zero attached hydrogens (tertiary/aromatic N) is 2. The summed E-state index contributed by atoms with van der Waals surface area (Å²) >= 11 is 3.26. The predicted molar refractivity (Wildman–Crippen MR) is 82.1 cm³/mol. The minimum Gasteiger partial charge on any atom is -0.383 e. The summed E-state index contributed by atoms with van der Waals surface area (Å²) < 4.78 is 32.7. The Labute approximate surface area is 129 Å². The van der Waals surface area contributed by atoms with Crippen LogP contribution in [0.1, 0.15) is 26.7 Å². The first-order valence-electron chi connectivity index (χ1n) is 6.58. The average molecular weight is 365 g/mol. The van der Waals surface area contributed by atoms with Gasteiger partial charge in [-0.2, -0.15) is 4.31 Å². The fraction of sp³-hybridized carbons (Fsp3) is 0.615. The number of pyridine rings is 1. The lowest BCUT2D eigenvalue weighted by molar-refractivity contribution is 0.163. The number of hydrogen-bond acceptors (Lipinski definition) is 4. The zero-order valence-electron chi connectivity index (χ0n) is 12.0. The molecule has 0 N–H and O–H groups in total. The quantitative estimate of drug-likeness (QED) is 0.711. The van der Waals surface area contributed by atoms with Crippen molar-refractivity contribution in [3.05, 3.63) is 22.9 Å². The Kier molecular flexibility index (Phi) is 7.08. The van der Waals surface area contributed by atoms with E-state index in [1.807, 2.05) is 13.8 Å². The van der Waals surface area contributed by atoms with Gasteiger partial charge in [0.2, 0.25) is 10.0 Å². The number of methoxy groups -OCH3 is 1. The van der Waals surface area contributed by atoms with E-state index in [0.29, 0.717) is 17.6 Å². The lowest BCUT2D eigenvalue weighted by Crippen LogP contribution is -2.41. The summed E-state index contributed by atoms with van der Waals surface area (Å²) in [4.78, 5) is 4.14. The molecular weight excluding hydrogens is 344 g/mol. The van der Waals surface area contributed by atoms with Crippen LogP contribution in [0.15, 0.2) is 27.8 Å². The van der Waals surface area contributed by atoms with Crippen LogP contribution >= 0.6 is 15.9 Å². The molecule has 5 nitrogen and oxygen atoms in total. The van der Waals surface area contributed by atoms with E-state index in [2.05, 4.69) is 20.9 Å². The van der Waals surface area contributed by atoms with Crippen LogP contribution in [0.5, 0.6) is 0 Å². The van der Waals surface area contributed by atoms with Crippen molar-refractivity contribution in [3.63, 3.8) is 0 Å². The van der Waals surface area contributed by atoms with Gasteiger partial charge in [0, 0.05) is 36.6 Å². The number of halogens is 1. The van der Waals surface area contributed by atoms with E-state index in [1.165, 1.54) is 10.5 Å². The number of hydrogen-bond donors (Lipinski definition) is 0. The summed E-state index contributed by atoms with van der Waals surface area (Å²) in [6.07, 6.45) is 4.47. The third-order valence-electron chi connectivity index (χ3n) is 3.15. The van der Waals surface area contributed by atoms with E-state index in [-0.39, 0.29) is 10.9 Å². The summed E-state index contributed by atoms with van der Waals surface area (Å²) in [6.45, 7) is 4.69. The van der Waals surface area contributed by atoms with Crippen LogP contribution in [-0.4, -0.2) is 44.0 Å². The highest BCUT2D eigenvalue weighted by molar-refractivity contribution is 9.10. The molecule has 0 bridgehead atoms. The molecule has 0 unspecified atom stereocenters. The monoisotopic (exact) mass is 364 g/mol. The SMILES string of the molecule is CCC(CC)N(CCOC)S(=O)(=O)c1cncc(Br)c1. The van der Waals surface area contributed by atoms with Crippen molar-refractivity contribution in [2.24, 2.45) is 0 Å². The second kappa shape index (κ2) is 8.07. The molecular formula is C13H21BrN2O3S. The topological polar surface area (TPSA) is 59.5 Å². The standard InChI is InChI=1S/C13H21BrN2O3S/c1-4-12(5-2)16(6-7-19-3)20(17,18)13-8-11(14)9-15-10-13/h8-10,12H,4-7H2,1-3H3. The highest BCUT2D eigenvalue weighted by Crippen LogP contribution is 2.22. The van der Waals surface area contributed by atoms with Gasteiger partial charge in [0.05, 0.1) is 6.61 Å². The maximum Gasteiger partial charge on any atom is 0.244 e. The van der Waals surface area contributed by atoms with E-state index in [4.69, 9.17) is 4.74 Å². The number of aromatic nitrogens is 1. The number of sulfonamides is 1. The first-order valence-corrected chi connectivity index (χ1v) is 8.82. The third kappa shape index (κ3) is 4.25. The molecule has 0 aliphatic rings. The molecule has 114 valence electrons. The number of ether oxygens (including phenoxy) is 1. The van der Waals surface area contributed by atoms with Crippen LogP contribution in [0.4, 0.5) is 0 Å². The maximum absolute atomic E-state index is 12.8. The van der Waals surface area contributed by atoms with Crippen molar-refractivity contribution < 1.29 is 13.2 Å². The summed E-state index contributed by atoms with van der Waals surface area (Å²) in [5.74, 6) is 0. The summed E-state index contributed by atoms with van der Waals surface area (Å²) in [6, 6.07) is 1.54. The minimum absolute atomic E-state index is 0.0332. The average Bonchev–Trinajstić information content (AvgIpc) is 2.43. The summed E-state index contributed by atoms with van der Waals surface area (Å²) in [5.41, 5.74) is 0. The van der Waals surface area contributed by atoms with Crippen molar-refractivity contribution in [2.45, 2.75) is 37.6 Å². The molecule has 0 saturated carbocycles. The van der Waals surface area contributed by atoms with Gasteiger partial charge in [-0.25, -0.2) is 8.42 Å². The molecule has 0 aliphatic carbocycles. The van der Waals surface area contributed by atoms with Crippen LogP contribution in [0.3, 0.4) is 0 Å². The molecule has 1 aromatic rings. The molecule has 1 rings (SSSR count). The van der Waals surface area contributed by atoms with E-state index < -0.39 is 10.0 Å². The molecule has 0 fully saturated rings. The van der Waals surface area contributed by atoms with Crippen molar-refractivity contribution in [1.29, 1.82) is 0 Å². The van der Waals surface area contributed by atoms with E-state index >= 15 is 0 Å².